The van der Waals surface area contributed by atoms with Crippen LogP contribution >= 0.6 is 0 Å². The third kappa shape index (κ3) is 4.42. The molecule has 1 unspecified atom stereocenters. The van der Waals surface area contributed by atoms with Gasteiger partial charge < -0.3 is 10.1 Å². The van der Waals surface area contributed by atoms with Crippen LogP contribution in [0, 0.1) is 0 Å². The summed E-state index contributed by atoms with van der Waals surface area (Å²) in [7, 11) is 0. The number of hydrogen-bond acceptors (Lipinski definition) is 3. The van der Waals surface area contributed by atoms with Gasteiger partial charge in [0, 0.05) is 37.2 Å². The summed E-state index contributed by atoms with van der Waals surface area (Å²) < 4.78 is 6.09. The normalized spacial score (nSPS) is 19.4. The highest BCUT2D eigenvalue weighted by molar-refractivity contribution is 5.94. The molecule has 0 radical (unpaired) electrons. The third-order valence-corrected chi connectivity index (χ3v) is 6.51. The van der Waals surface area contributed by atoms with E-state index in [1.54, 1.807) is 0 Å². The molecule has 0 bridgehead atoms. The van der Waals surface area contributed by atoms with E-state index in [4.69, 9.17) is 4.74 Å². The van der Waals surface area contributed by atoms with Crippen molar-refractivity contribution in [2.45, 2.75) is 51.4 Å². The maximum absolute atomic E-state index is 13.0. The van der Waals surface area contributed by atoms with Crippen LogP contribution in [0.15, 0.2) is 72.8 Å². The number of carbonyl (C=O) groups excluding carboxylic acids is 1. The van der Waals surface area contributed by atoms with Crippen molar-refractivity contribution < 1.29 is 9.53 Å². The second-order valence-electron chi connectivity index (χ2n) is 9.56. The van der Waals surface area contributed by atoms with E-state index in [1.165, 1.54) is 16.7 Å². The molecule has 0 saturated heterocycles. The van der Waals surface area contributed by atoms with Gasteiger partial charge >= 0.3 is 0 Å². The zero-order valence-electron chi connectivity index (χ0n) is 18.8. The predicted octanol–water partition coefficient (Wildman–Crippen LogP) is 5.28. The molecule has 1 N–H and O–H groups in total. The van der Waals surface area contributed by atoms with E-state index in [2.05, 4.69) is 60.5 Å². The Morgan fingerprint density at radius 3 is 2.53 bits per heavy atom. The van der Waals surface area contributed by atoms with Crippen LogP contribution in [-0.4, -0.2) is 23.0 Å². The molecule has 3 aromatic rings. The monoisotopic (exact) mass is 426 g/mol. The average molecular weight is 427 g/mol. The lowest BCUT2D eigenvalue weighted by Gasteiger charge is -2.37. The molecular formula is C28H30N2O2. The first kappa shape index (κ1) is 20.8. The quantitative estimate of drug-likeness (QED) is 0.617. The van der Waals surface area contributed by atoms with Crippen molar-refractivity contribution >= 4 is 5.91 Å². The van der Waals surface area contributed by atoms with E-state index in [9.17, 15) is 4.79 Å². The largest absolute Gasteiger partial charge is 0.487 e. The predicted molar refractivity (Wildman–Crippen MR) is 127 cm³/mol. The van der Waals surface area contributed by atoms with Gasteiger partial charge in [-0.15, -0.1) is 0 Å². The maximum atomic E-state index is 13.0. The smallest absolute Gasteiger partial charge is 0.251 e. The standard InChI is InChI=1S/C28H30N2O2/c1-28(2)17-25(24-9-5-6-10-26(24)32-28)29-27(31)22-13-11-20(12-14-22)18-30-16-15-21-7-3-4-8-23(21)19-30/h3-14,25H,15-19H2,1-2H3,(H,29,31). The van der Waals surface area contributed by atoms with Crippen LogP contribution in [-0.2, 0) is 19.5 Å². The van der Waals surface area contributed by atoms with Gasteiger partial charge in [-0.05, 0) is 55.2 Å². The molecule has 5 rings (SSSR count). The first-order valence-electron chi connectivity index (χ1n) is 11.4. The lowest BCUT2D eigenvalue weighted by Crippen LogP contribution is -2.41. The highest BCUT2D eigenvalue weighted by Crippen LogP contribution is 2.39. The number of amides is 1. The lowest BCUT2D eigenvalue weighted by atomic mass is 9.89. The Hall–Kier alpha value is -3.11. The minimum absolute atomic E-state index is 0.0408. The number of carbonyl (C=O) groups is 1. The fraction of sp³-hybridized carbons (Fsp3) is 0.321. The SMILES string of the molecule is CC1(C)CC(NC(=O)c2ccc(CN3CCc4ccccc4C3)cc2)c2ccccc2O1. The number of nitrogens with zero attached hydrogens (tertiary/aromatic N) is 1. The van der Waals surface area contributed by atoms with Crippen molar-refractivity contribution in [3.05, 3.63) is 101 Å². The van der Waals surface area contributed by atoms with E-state index in [1.807, 2.05) is 36.4 Å². The summed E-state index contributed by atoms with van der Waals surface area (Å²) >= 11 is 0. The van der Waals surface area contributed by atoms with Gasteiger partial charge in [-0.1, -0.05) is 54.6 Å². The van der Waals surface area contributed by atoms with Crippen LogP contribution in [0.4, 0.5) is 0 Å². The molecule has 32 heavy (non-hydrogen) atoms. The van der Waals surface area contributed by atoms with E-state index in [-0.39, 0.29) is 17.6 Å². The van der Waals surface area contributed by atoms with Gasteiger partial charge in [-0.2, -0.15) is 0 Å². The number of fused-ring (bicyclic) bond motifs is 2. The van der Waals surface area contributed by atoms with Gasteiger partial charge in [0.05, 0.1) is 6.04 Å². The molecule has 1 amide bonds. The van der Waals surface area contributed by atoms with Gasteiger partial charge in [-0.25, -0.2) is 0 Å². The molecule has 0 aliphatic carbocycles. The Balaban J connectivity index is 1.24. The van der Waals surface area contributed by atoms with Crippen LogP contribution in [0.25, 0.3) is 0 Å². The minimum Gasteiger partial charge on any atom is -0.487 e. The Kier molecular flexibility index (Phi) is 5.48. The van der Waals surface area contributed by atoms with E-state index >= 15 is 0 Å². The van der Waals surface area contributed by atoms with Crippen LogP contribution in [0.3, 0.4) is 0 Å². The lowest BCUT2D eigenvalue weighted by molar-refractivity contribution is 0.0619. The molecule has 1 atom stereocenters. The first-order valence-corrected chi connectivity index (χ1v) is 11.4. The number of benzene rings is 3. The summed E-state index contributed by atoms with van der Waals surface area (Å²) in [5.74, 6) is 0.813. The number of para-hydroxylation sites is 1. The molecule has 0 aromatic heterocycles. The molecule has 0 saturated carbocycles. The zero-order valence-corrected chi connectivity index (χ0v) is 18.8. The van der Waals surface area contributed by atoms with Crippen molar-refractivity contribution in [2.75, 3.05) is 6.54 Å². The summed E-state index contributed by atoms with van der Waals surface area (Å²) in [4.78, 5) is 15.5. The second-order valence-corrected chi connectivity index (χ2v) is 9.56. The minimum atomic E-state index is -0.316. The molecule has 4 nitrogen and oxygen atoms in total. The number of ether oxygens (including phenoxy) is 1. The molecular weight excluding hydrogens is 396 g/mol. The summed E-state index contributed by atoms with van der Waals surface area (Å²) in [5, 5.41) is 3.23. The third-order valence-electron chi connectivity index (χ3n) is 6.51. The van der Waals surface area contributed by atoms with Gasteiger partial charge in [0.1, 0.15) is 11.4 Å². The van der Waals surface area contributed by atoms with Crippen LogP contribution in [0.5, 0.6) is 5.75 Å². The average Bonchev–Trinajstić information content (AvgIpc) is 2.79. The summed E-state index contributed by atoms with van der Waals surface area (Å²) in [5.41, 5.74) is 5.55. The van der Waals surface area contributed by atoms with E-state index in [0.717, 1.165) is 43.8 Å². The van der Waals surface area contributed by atoms with Crippen molar-refractivity contribution in [3.63, 3.8) is 0 Å². The zero-order chi connectivity index (χ0) is 22.1. The van der Waals surface area contributed by atoms with Crippen molar-refractivity contribution in [1.82, 2.24) is 10.2 Å². The van der Waals surface area contributed by atoms with Crippen LogP contribution in [0.1, 0.15) is 58.9 Å². The van der Waals surface area contributed by atoms with Crippen LogP contribution < -0.4 is 10.1 Å². The van der Waals surface area contributed by atoms with E-state index in [0.29, 0.717) is 5.56 Å². The second kappa shape index (κ2) is 8.44. The van der Waals surface area contributed by atoms with Crippen molar-refractivity contribution in [1.29, 1.82) is 0 Å². The van der Waals surface area contributed by atoms with Crippen molar-refractivity contribution in [2.24, 2.45) is 0 Å². The Bertz CT molecular complexity index is 1120. The first-order chi connectivity index (χ1) is 15.5. The maximum Gasteiger partial charge on any atom is 0.251 e. The molecule has 4 heteroatoms. The fourth-order valence-corrected chi connectivity index (χ4v) is 4.88. The summed E-state index contributed by atoms with van der Waals surface area (Å²) in [6, 6.07) is 24.7. The van der Waals surface area contributed by atoms with Gasteiger partial charge in [0.25, 0.3) is 5.91 Å². The highest BCUT2D eigenvalue weighted by Gasteiger charge is 2.34. The topological polar surface area (TPSA) is 41.6 Å². The summed E-state index contributed by atoms with van der Waals surface area (Å²) in [6.45, 7) is 7.08. The number of hydrogen-bond donors (Lipinski definition) is 1. The molecule has 3 aromatic carbocycles. The van der Waals surface area contributed by atoms with Crippen LogP contribution in [0.2, 0.25) is 0 Å². The molecule has 2 heterocycles. The molecule has 2 aliphatic rings. The summed E-state index contributed by atoms with van der Waals surface area (Å²) in [6.07, 6.45) is 1.84. The van der Waals surface area contributed by atoms with Gasteiger partial charge in [-0.3, -0.25) is 9.69 Å². The molecule has 0 fully saturated rings. The molecule has 2 aliphatic heterocycles. The van der Waals surface area contributed by atoms with Crippen molar-refractivity contribution in [3.8, 4) is 5.75 Å². The Morgan fingerprint density at radius 2 is 1.72 bits per heavy atom. The Labute approximate surface area is 190 Å². The molecule has 0 spiro atoms. The number of rotatable bonds is 4. The number of nitrogens with one attached hydrogen (secondary N) is 1. The highest BCUT2D eigenvalue weighted by atomic mass is 16.5. The van der Waals surface area contributed by atoms with Gasteiger partial charge in [0.2, 0.25) is 0 Å². The van der Waals surface area contributed by atoms with E-state index < -0.39 is 0 Å². The Morgan fingerprint density at radius 1 is 1.00 bits per heavy atom. The van der Waals surface area contributed by atoms with Gasteiger partial charge in [0.15, 0.2) is 0 Å². The molecule has 164 valence electrons. The fourth-order valence-electron chi connectivity index (χ4n) is 4.88.